The molecule has 0 unspecified atom stereocenters. The van der Waals surface area contributed by atoms with Crippen LogP contribution in [0.3, 0.4) is 0 Å². The van der Waals surface area contributed by atoms with E-state index >= 15 is 0 Å². The van der Waals surface area contributed by atoms with Crippen molar-refractivity contribution in [2.75, 3.05) is 0 Å². The van der Waals surface area contributed by atoms with Gasteiger partial charge < -0.3 is 15.1 Å². The molecule has 0 fully saturated rings. The largest absolute Gasteiger partial charge is 0.512 e. The van der Waals surface area contributed by atoms with Crippen LogP contribution in [-0.2, 0) is 51.4 Å². The van der Waals surface area contributed by atoms with Gasteiger partial charge in [0.05, 0.1) is 5.76 Å². The van der Waals surface area contributed by atoms with Crippen molar-refractivity contribution >= 4 is 16.6 Å². The molecule has 0 spiro atoms. The SMILES string of the molecule is CC(=O)C=C(C)O.CCCCCCCCc1c[c-]c(-c2ccccn2)cc1.Cc1ccc(-c2cc(-c3ccc(C)cc3)cc(-c3cc[c-]c(-c4nccc5ccccc45)c3)c2)cc1.[Ir].[Ir]. The van der Waals surface area contributed by atoms with E-state index < -0.39 is 0 Å². The van der Waals surface area contributed by atoms with Gasteiger partial charge in [-0.25, -0.2) is 0 Å². The van der Waals surface area contributed by atoms with E-state index in [1.165, 1.54) is 115 Å². The zero-order valence-corrected chi connectivity index (χ0v) is 42.8. The summed E-state index contributed by atoms with van der Waals surface area (Å²) in [5.74, 6) is -0.0625. The molecule has 6 heteroatoms. The number of allylic oxidation sites excluding steroid dienone is 2. The number of rotatable bonds is 13. The van der Waals surface area contributed by atoms with Gasteiger partial charge in [0, 0.05) is 58.7 Å². The zero-order chi connectivity index (χ0) is 44.4. The number of aromatic nitrogens is 2. The van der Waals surface area contributed by atoms with Crippen molar-refractivity contribution in [3.8, 4) is 55.9 Å². The van der Waals surface area contributed by atoms with Crippen molar-refractivity contribution in [1.82, 2.24) is 9.97 Å². The molecule has 2 heterocycles. The fourth-order valence-corrected chi connectivity index (χ4v) is 7.43. The van der Waals surface area contributed by atoms with Gasteiger partial charge in [-0.2, -0.15) is 0 Å². The van der Waals surface area contributed by atoms with Crippen LogP contribution in [0.4, 0.5) is 0 Å². The quantitative estimate of drug-likeness (QED) is 0.0541. The van der Waals surface area contributed by atoms with Gasteiger partial charge in [0.2, 0.25) is 0 Å². The van der Waals surface area contributed by atoms with Crippen LogP contribution in [0.2, 0.25) is 0 Å². The molecule has 0 aliphatic heterocycles. The van der Waals surface area contributed by atoms with Crippen LogP contribution >= 0.6 is 0 Å². The zero-order valence-electron chi connectivity index (χ0n) is 38.0. The average Bonchev–Trinajstić information content (AvgIpc) is 3.31. The first kappa shape index (κ1) is 52.0. The topological polar surface area (TPSA) is 63.1 Å². The molecule has 336 valence electrons. The minimum absolute atomic E-state index is 0. The molecule has 0 amide bonds. The van der Waals surface area contributed by atoms with E-state index in [2.05, 4.69) is 165 Å². The summed E-state index contributed by atoms with van der Waals surface area (Å²) >= 11 is 0. The van der Waals surface area contributed by atoms with Crippen LogP contribution < -0.4 is 0 Å². The number of aliphatic hydroxyl groups excluding tert-OH is 1. The van der Waals surface area contributed by atoms with E-state index in [9.17, 15) is 4.79 Å². The van der Waals surface area contributed by atoms with Crippen molar-refractivity contribution < 1.29 is 50.1 Å². The van der Waals surface area contributed by atoms with Gasteiger partial charge in [-0.15, -0.1) is 70.8 Å². The maximum absolute atomic E-state index is 10.0. The molecule has 0 atom stereocenters. The number of hydrogen-bond donors (Lipinski definition) is 1. The van der Waals surface area contributed by atoms with Crippen molar-refractivity contribution in [3.63, 3.8) is 0 Å². The van der Waals surface area contributed by atoms with Crippen molar-refractivity contribution in [2.45, 2.75) is 79.6 Å². The number of ketones is 1. The third-order valence-corrected chi connectivity index (χ3v) is 10.8. The third kappa shape index (κ3) is 16.1. The van der Waals surface area contributed by atoms with Gasteiger partial charge in [0.1, 0.15) is 0 Å². The number of carbonyl (C=O) groups is 1. The van der Waals surface area contributed by atoms with Crippen molar-refractivity contribution in [1.29, 1.82) is 0 Å². The average molecular weight is 1210 g/mol. The Labute approximate surface area is 414 Å². The summed E-state index contributed by atoms with van der Waals surface area (Å²) in [6, 6.07) is 60.4. The minimum atomic E-state index is -0.125. The number of carbonyl (C=O) groups excluding carboxylic acids is 1. The van der Waals surface area contributed by atoms with Gasteiger partial charge in [0.25, 0.3) is 0 Å². The Morgan fingerprint density at radius 1 is 0.585 bits per heavy atom. The van der Waals surface area contributed by atoms with Gasteiger partial charge in [-0.3, -0.25) is 4.79 Å². The number of benzene rings is 6. The Morgan fingerprint density at radius 2 is 1.20 bits per heavy atom. The third-order valence-electron chi connectivity index (χ3n) is 10.8. The molecule has 4 nitrogen and oxygen atoms in total. The first-order chi connectivity index (χ1) is 30.7. The normalized spacial score (nSPS) is 10.6. The second-order valence-electron chi connectivity index (χ2n) is 16.1. The maximum atomic E-state index is 10.0. The number of pyridine rings is 2. The second-order valence-corrected chi connectivity index (χ2v) is 16.1. The number of aliphatic hydroxyl groups is 1. The van der Waals surface area contributed by atoms with Crippen molar-refractivity contribution in [2.24, 2.45) is 0 Å². The van der Waals surface area contributed by atoms with Gasteiger partial charge in [-0.05, 0) is 108 Å². The number of unbranched alkanes of at least 4 members (excludes halogenated alkanes) is 5. The Morgan fingerprint density at radius 3 is 1.77 bits per heavy atom. The van der Waals surface area contributed by atoms with Crippen LogP contribution in [0.15, 0.2) is 176 Å². The second kappa shape index (κ2) is 27.0. The fraction of sp³-hybridized carbons (Fsp3) is 0.203. The number of nitrogens with zero attached hydrogens (tertiary/aromatic N) is 2. The first-order valence-corrected chi connectivity index (χ1v) is 22.1. The molecule has 8 aromatic rings. The summed E-state index contributed by atoms with van der Waals surface area (Å²) in [7, 11) is 0. The van der Waals surface area contributed by atoms with Crippen LogP contribution in [0.1, 0.15) is 76.0 Å². The molecular weight excluding hydrogens is 1150 g/mol. The Hall–Kier alpha value is -5.61. The Kier molecular flexibility index (Phi) is 21.6. The molecule has 6 aromatic carbocycles. The number of hydrogen-bond acceptors (Lipinski definition) is 4. The molecule has 8 rings (SSSR count). The first-order valence-electron chi connectivity index (χ1n) is 22.1. The number of fused-ring (bicyclic) bond motifs is 1. The van der Waals surface area contributed by atoms with Crippen LogP contribution in [0.5, 0.6) is 0 Å². The van der Waals surface area contributed by atoms with Gasteiger partial charge in [0.15, 0.2) is 5.78 Å². The van der Waals surface area contributed by atoms with E-state index in [1.807, 2.05) is 36.7 Å². The predicted molar refractivity (Wildman–Crippen MR) is 264 cm³/mol. The smallest absolute Gasteiger partial charge is 0.155 e. The van der Waals surface area contributed by atoms with Crippen LogP contribution in [-0.4, -0.2) is 20.9 Å². The molecule has 0 saturated heterocycles. The van der Waals surface area contributed by atoms with Crippen LogP contribution in [0, 0.1) is 26.0 Å². The van der Waals surface area contributed by atoms with Crippen LogP contribution in [0.25, 0.3) is 66.7 Å². The summed E-state index contributed by atoms with van der Waals surface area (Å²) < 4.78 is 0. The maximum Gasteiger partial charge on any atom is 0.155 e. The molecule has 0 saturated carbocycles. The summed E-state index contributed by atoms with van der Waals surface area (Å²) in [4.78, 5) is 19.1. The molecule has 2 aromatic heterocycles. The summed E-state index contributed by atoms with van der Waals surface area (Å²) in [6.07, 6.45) is 14.2. The summed E-state index contributed by atoms with van der Waals surface area (Å²) in [6.45, 7) is 9.36. The van der Waals surface area contributed by atoms with Gasteiger partial charge >= 0.3 is 0 Å². The summed E-state index contributed by atoms with van der Waals surface area (Å²) in [5.41, 5.74) is 15.1. The Bertz CT molecular complexity index is 2640. The van der Waals surface area contributed by atoms with E-state index in [-0.39, 0.29) is 51.8 Å². The van der Waals surface area contributed by atoms with E-state index in [0.29, 0.717) is 0 Å². The molecule has 0 aliphatic rings. The summed E-state index contributed by atoms with van der Waals surface area (Å²) in [5, 5.41) is 10.7. The monoisotopic (exact) mass is 1210 g/mol. The van der Waals surface area contributed by atoms with E-state index in [1.54, 1.807) is 0 Å². The molecular formula is C59H58Ir2N2O2-2. The predicted octanol–water partition coefficient (Wildman–Crippen LogP) is 15.8. The van der Waals surface area contributed by atoms with Gasteiger partial charge in [-0.1, -0.05) is 148 Å². The molecule has 2 radical (unpaired) electrons. The molecule has 65 heavy (non-hydrogen) atoms. The standard InChI is InChI=1S/C35H26N.C19H24N.C5H8O2.2Ir/c1-24-10-14-26(15-11-24)31-21-32(27-16-12-25(2)13-17-27)23-33(22-31)29-7-5-8-30(20-29)35-34-9-4-3-6-28(34)18-19-36-35;1-2-3-4-5-6-7-10-17-12-14-18(15-13-17)19-11-8-9-16-20-19;1-4(6)3-5(2)7;;/h3-7,9-23H,1-2H3;8-9,11-14,16H,2-7,10H2,1H3;3,6H,1-2H3;;/q2*-1;;;. The van der Waals surface area contributed by atoms with Crippen molar-refractivity contribution in [3.05, 3.63) is 205 Å². The molecule has 1 N–H and O–H groups in total. The molecule has 0 bridgehead atoms. The Balaban J connectivity index is 0.000000270. The molecule has 0 aliphatic carbocycles. The van der Waals surface area contributed by atoms with E-state index in [0.717, 1.165) is 33.5 Å². The van der Waals surface area contributed by atoms with E-state index in [4.69, 9.17) is 10.1 Å². The number of aryl methyl sites for hydroxylation is 3. The fourth-order valence-electron chi connectivity index (χ4n) is 7.43. The minimum Gasteiger partial charge on any atom is -0.512 e.